The van der Waals surface area contributed by atoms with Crippen LogP contribution in [-0.4, -0.2) is 4.92 Å². The normalized spacial score (nSPS) is 10.3. The summed E-state index contributed by atoms with van der Waals surface area (Å²) < 4.78 is 18.8. The Balaban J connectivity index is 2.15. The molecule has 0 unspecified atom stereocenters. The van der Waals surface area contributed by atoms with Crippen molar-refractivity contribution in [2.24, 2.45) is 0 Å². The van der Waals surface area contributed by atoms with Crippen molar-refractivity contribution in [1.82, 2.24) is 0 Å². The Morgan fingerprint density at radius 1 is 1.30 bits per heavy atom. The lowest BCUT2D eigenvalue weighted by Gasteiger charge is -2.08. The number of rotatable bonds is 4. The van der Waals surface area contributed by atoms with Crippen molar-refractivity contribution >= 4 is 33.2 Å². The summed E-state index contributed by atoms with van der Waals surface area (Å²) in [6.07, 6.45) is 0. The largest absolute Gasteiger partial charge is 0.487 e. The lowest BCUT2D eigenvalue weighted by atomic mass is 10.2. The number of non-ortho nitro benzene ring substituents is 1. The molecule has 0 saturated carbocycles. The lowest BCUT2D eigenvalue weighted by molar-refractivity contribution is -0.384. The number of benzene rings is 2. The number of hydrogen-bond donors (Lipinski definition) is 0. The van der Waals surface area contributed by atoms with Gasteiger partial charge in [-0.25, -0.2) is 4.39 Å². The van der Waals surface area contributed by atoms with Gasteiger partial charge in [-0.2, -0.15) is 0 Å². The molecule has 7 heteroatoms. The van der Waals surface area contributed by atoms with Gasteiger partial charge in [-0.05, 0) is 39.7 Å². The molecule has 0 heterocycles. The SMILES string of the molecule is O=[N+]([O-])c1ccc(Cl)c(OCc2ccc(F)c(Br)c2)c1. The Morgan fingerprint density at radius 3 is 2.70 bits per heavy atom. The van der Waals surface area contributed by atoms with Crippen molar-refractivity contribution in [3.63, 3.8) is 0 Å². The molecule has 0 aromatic heterocycles. The van der Waals surface area contributed by atoms with Crippen molar-refractivity contribution in [2.75, 3.05) is 0 Å². The predicted molar refractivity (Wildman–Crippen MR) is 76.5 cm³/mol. The average molecular weight is 361 g/mol. The highest BCUT2D eigenvalue weighted by atomic mass is 79.9. The van der Waals surface area contributed by atoms with Crippen LogP contribution in [0.4, 0.5) is 10.1 Å². The predicted octanol–water partition coefficient (Wildman–Crippen LogP) is 4.73. The van der Waals surface area contributed by atoms with Gasteiger partial charge in [0, 0.05) is 6.07 Å². The van der Waals surface area contributed by atoms with E-state index in [4.69, 9.17) is 16.3 Å². The van der Waals surface area contributed by atoms with Gasteiger partial charge >= 0.3 is 0 Å². The summed E-state index contributed by atoms with van der Waals surface area (Å²) >= 11 is 8.98. The number of nitro benzene ring substituents is 1. The first kappa shape index (κ1) is 14.7. The maximum atomic E-state index is 13.1. The van der Waals surface area contributed by atoms with Crippen LogP contribution in [-0.2, 0) is 6.61 Å². The maximum absolute atomic E-state index is 13.1. The lowest BCUT2D eigenvalue weighted by Crippen LogP contribution is -1.97. The summed E-state index contributed by atoms with van der Waals surface area (Å²) in [4.78, 5) is 10.1. The molecule has 0 aliphatic carbocycles. The van der Waals surface area contributed by atoms with Crippen molar-refractivity contribution in [3.05, 3.63) is 67.4 Å². The van der Waals surface area contributed by atoms with Crippen LogP contribution in [0.25, 0.3) is 0 Å². The van der Waals surface area contributed by atoms with Crippen molar-refractivity contribution in [1.29, 1.82) is 0 Å². The Bertz CT molecular complexity index is 666. The van der Waals surface area contributed by atoms with Crippen LogP contribution in [0.2, 0.25) is 5.02 Å². The number of hydrogen-bond acceptors (Lipinski definition) is 3. The van der Waals surface area contributed by atoms with E-state index in [2.05, 4.69) is 15.9 Å². The smallest absolute Gasteiger partial charge is 0.273 e. The monoisotopic (exact) mass is 359 g/mol. The van der Waals surface area contributed by atoms with Crippen LogP contribution < -0.4 is 4.74 Å². The summed E-state index contributed by atoms with van der Waals surface area (Å²) in [6, 6.07) is 8.38. The van der Waals surface area contributed by atoms with E-state index in [1.165, 1.54) is 24.3 Å². The quantitative estimate of drug-likeness (QED) is 0.585. The molecule has 0 saturated heterocycles. The van der Waals surface area contributed by atoms with Gasteiger partial charge in [0.05, 0.1) is 20.5 Å². The third kappa shape index (κ3) is 3.46. The van der Waals surface area contributed by atoms with Crippen LogP contribution in [0.1, 0.15) is 5.56 Å². The minimum absolute atomic E-state index is 0.107. The summed E-state index contributed by atoms with van der Waals surface area (Å²) in [5, 5.41) is 11.0. The topological polar surface area (TPSA) is 52.4 Å². The molecule has 0 fully saturated rings. The second-order valence-corrected chi connectivity index (χ2v) is 5.17. The Kier molecular flexibility index (Phi) is 4.57. The van der Waals surface area contributed by atoms with E-state index >= 15 is 0 Å². The van der Waals surface area contributed by atoms with Crippen molar-refractivity contribution in [2.45, 2.75) is 6.61 Å². The summed E-state index contributed by atoms with van der Waals surface area (Å²) in [5.41, 5.74) is 0.602. The fraction of sp³-hybridized carbons (Fsp3) is 0.0769. The molecule has 0 spiro atoms. The summed E-state index contributed by atoms with van der Waals surface area (Å²) in [6.45, 7) is 0.125. The van der Waals surface area contributed by atoms with E-state index in [1.807, 2.05) is 0 Å². The molecule has 4 nitrogen and oxygen atoms in total. The van der Waals surface area contributed by atoms with Gasteiger partial charge < -0.3 is 4.74 Å². The molecule has 0 aliphatic heterocycles. The first-order valence-electron chi connectivity index (χ1n) is 5.48. The minimum atomic E-state index is -0.530. The highest BCUT2D eigenvalue weighted by Crippen LogP contribution is 2.29. The van der Waals surface area contributed by atoms with Crippen LogP contribution in [0.15, 0.2) is 40.9 Å². The average Bonchev–Trinajstić information content (AvgIpc) is 2.41. The first-order valence-corrected chi connectivity index (χ1v) is 6.65. The van der Waals surface area contributed by atoms with Crippen molar-refractivity contribution in [3.8, 4) is 5.75 Å². The molecule has 0 amide bonds. The standard InChI is InChI=1S/C13H8BrClFNO3/c14-10-5-8(1-4-12(10)16)7-20-13-6-9(17(18)19)2-3-11(13)15/h1-6H,7H2. The van der Waals surface area contributed by atoms with E-state index in [0.29, 0.717) is 10.0 Å². The zero-order valence-corrected chi connectivity index (χ0v) is 12.3. The first-order chi connectivity index (χ1) is 9.47. The van der Waals surface area contributed by atoms with E-state index < -0.39 is 4.92 Å². The van der Waals surface area contributed by atoms with E-state index in [9.17, 15) is 14.5 Å². The zero-order valence-electron chi connectivity index (χ0n) is 9.98. The Morgan fingerprint density at radius 2 is 2.05 bits per heavy atom. The molecule has 20 heavy (non-hydrogen) atoms. The van der Waals surface area contributed by atoms with Gasteiger partial charge in [0.2, 0.25) is 0 Å². The highest BCUT2D eigenvalue weighted by Gasteiger charge is 2.11. The molecule has 0 atom stereocenters. The van der Waals surface area contributed by atoms with Gasteiger partial charge in [0.15, 0.2) is 0 Å². The van der Waals surface area contributed by atoms with Gasteiger partial charge in [0.25, 0.3) is 5.69 Å². The van der Waals surface area contributed by atoms with E-state index in [1.54, 1.807) is 12.1 Å². The second kappa shape index (κ2) is 6.19. The van der Waals surface area contributed by atoms with Gasteiger partial charge in [0.1, 0.15) is 18.2 Å². The zero-order chi connectivity index (χ0) is 14.7. The fourth-order valence-electron chi connectivity index (χ4n) is 1.51. The molecular formula is C13H8BrClFNO3. The van der Waals surface area contributed by atoms with Crippen LogP contribution >= 0.6 is 27.5 Å². The van der Waals surface area contributed by atoms with Crippen molar-refractivity contribution < 1.29 is 14.1 Å². The Hall–Kier alpha value is -1.66. The summed E-state index contributed by atoms with van der Waals surface area (Å²) in [7, 11) is 0. The molecule has 2 aromatic rings. The second-order valence-electron chi connectivity index (χ2n) is 3.91. The third-order valence-electron chi connectivity index (χ3n) is 2.50. The molecule has 0 aliphatic rings. The fourth-order valence-corrected chi connectivity index (χ4v) is 2.11. The molecular weight excluding hydrogens is 353 g/mol. The third-order valence-corrected chi connectivity index (χ3v) is 3.42. The van der Waals surface area contributed by atoms with Crippen LogP contribution in [0.3, 0.4) is 0 Å². The van der Waals surface area contributed by atoms with Gasteiger partial charge in [-0.3, -0.25) is 10.1 Å². The van der Waals surface area contributed by atoms with Gasteiger partial charge in [-0.15, -0.1) is 0 Å². The Labute approximate surface area is 127 Å². The molecule has 2 aromatic carbocycles. The molecule has 0 radical (unpaired) electrons. The molecule has 0 bridgehead atoms. The van der Waals surface area contributed by atoms with E-state index in [0.717, 1.165) is 0 Å². The summed E-state index contributed by atoms with van der Waals surface area (Å²) in [5.74, 6) is -0.163. The molecule has 104 valence electrons. The molecule has 2 rings (SSSR count). The maximum Gasteiger partial charge on any atom is 0.273 e. The van der Waals surface area contributed by atoms with Crippen LogP contribution in [0, 0.1) is 15.9 Å². The number of nitro groups is 1. The minimum Gasteiger partial charge on any atom is -0.487 e. The number of ether oxygens (including phenoxy) is 1. The van der Waals surface area contributed by atoms with E-state index in [-0.39, 0.29) is 28.9 Å². The number of halogens is 3. The number of nitrogens with zero attached hydrogens (tertiary/aromatic N) is 1. The van der Waals surface area contributed by atoms with Gasteiger partial charge in [-0.1, -0.05) is 17.7 Å². The highest BCUT2D eigenvalue weighted by molar-refractivity contribution is 9.10. The van der Waals surface area contributed by atoms with Crippen LogP contribution in [0.5, 0.6) is 5.75 Å². The molecule has 0 N–H and O–H groups in total.